The maximum atomic E-state index is 6.05. The second kappa shape index (κ2) is 9.46. The first-order valence-corrected chi connectivity index (χ1v) is 9.21. The minimum Gasteiger partial charge on any atom is -0.382 e. The lowest BCUT2D eigenvalue weighted by Gasteiger charge is -2.43. The van der Waals surface area contributed by atoms with Crippen molar-refractivity contribution in [1.29, 1.82) is 0 Å². The summed E-state index contributed by atoms with van der Waals surface area (Å²) in [5.41, 5.74) is -0.0117. The number of nitrogens with zero attached hydrogens (tertiary/aromatic N) is 2. The van der Waals surface area contributed by atoms with Crippen LogP contribution in [0, 0.1) is 0 Å². The van der Waals surface area contributed by atoms with Crippen molar-refractivity contribution in [3.8, 4) is 0 Å². The van der Waals surface area contributed by atoms with E-state index in [2.05, 4.69) is 37.5 Å². The van der Waals surface area contributed by atoms with Crippen molar-refractivity contribution in [3.63, 3.8) is 0 Å². The molecule has 24 heavy (non-hydrogen) atoms. The van der Waals surface area contributed by atoms with E-state index in [-0.39, 0.29) is 17.7 Å². The molecule has 2 saturated heterocycles. The van der Waals surface area contributed by atoms with Crippen LogP contribution >= 0.6 is 0 Å². The van der Waals surface area contributed by atoms with Crippen LogP contribution in [0.2, 0.25) is 0 Å². The summed E-state index contributed by atoms with van der Waals surface area (Å²) in [4.78, 5) is 4.91. The number of ether oxygens (including phenoxy) is 4. The zero-order chi connectivity index (χ0) is 17.6. The Hall–Kier alpha value is -0.240. The Morgan fingerprint density at radius 2 is 1.71 bits per heavy atom. The van der Waals surface area contributed by atoms with Crippen LogP contribution in [-0.4, -0.2) is 99.9 Å². The standard InChI is InChI=1S/C18H36N2O4/c1-15(2)19-6-8-23-16(10-19)13-22-14-18(3,4)20-7-9-24-17(11-20)12-21-5/h15-17H,6-14H2,1-5H3/t16-,17?/m0/s1. The summed E-state index contributed by atoms with van der Waals surface area (Å²) < 4.78 is 22.9. The van der Waals surface area contributed by atoms with Crippen molar-refractivity contribution >= 4 is 0 Å². The van der Waals surface area contributed by atoms with E-state index in [9.17, 15) is 0 Å². The Kier molecular flexibility index (Phi) is 7.91. The van der Waals surface area contributed by atoms with E-state index < -0.39 is 0 Å². The van der Waals surface area contributed by atoms with E-state index in [1.807, 2.05) is 0 Å². The predicted octanol–water partition coefficient (Wildman–Crippen LogP) is 1.24. The molecule has 0 radical (unpaired) electrons. The fourth-order valence-corrected chi connectivity index (χ4v) is 3.40. The van der Waals surface area contributed by atoms with Gasteiger partial charge in [0.2, 0.25) is 0 Å². The normalized spacial score (nSPS) is 27.8. The van der Waals surface area contributed by atoms with Crippen molar-refractivity contribution < 1.29 is 18.9 Å². The Labute approximate surface area is 147 Å². The van der Waals surface area contributed by atoms with Crippen molar-refractivity contribution in [2.45, 2.75) is 51.5 Å². The van der Waals surface area contributed by atoms with Crippen LogP contribution in [0.5, 0.6) is 0 Å². The number of rotatable bonds is 8. The van der Waals surface area contributed by atoms with Gasteiger partial charge in [0.25, 0.3) is 0 Å². The minimum absolute atomic E-state index is 0.0117. The van der Waals surface area contributed by atoms with E-state index in [1.54, 1.807) is 7.11 Å². The Morgan fingerprint density at radius 1 is 1.04 bits per heavy atom. The molecule has 2 aliphatic rings. The average molecular weight is 344 g/mol. The predicted molar refractivity (Wildman–Crippen MR) is 94.5 cm³/mol. The second-order valence-electron chi connectivity index (χ2n) is 7.80. The molecule has 1 unspecified atom stereocenters. The van der Waals surface area contributed by atoms with Gasteiger partial charge in [-0.15, -0.1) is 0 Å². The highest BCUT2D eigenvalue weighted by Crippen LogP contribution is 2.20. The Morgan fingerprint density at radius 3 is 2.38 bits per heavy atom. The van der Waals surface area contributed by atoms with Crippen LogP contribution in [0.4, 0.5) is 0 Å². The van der Waals surface area contributed by atoms with Gasteiger partial charge in [0.1, 0.15) is 0 Å². The molecule has 6 nitrogen and oxygen atoms in total. The van der Waals surface area contributed by atoms with E-state index in [1.165, 1.54) is 0 Å². The molecule has 2 atom stereocenters. The summed E-state index contributed by atoms with van der Waals surface area (Å²) in [5, 5.41) is 0. The zero-order valence-electron chi connectivity index (χ0n) is 16.1. The molecule has 142 valence electrons. The summed E-state index contributed by atoms with van der Waals surface area (Å²) in [7, 11) is 1.72. The summed E-state index contributed by atoms with van der Waals surface area (Å²) >= 11 is 0. The van der Waals surface area contributed by atoms with Crippen LogP contribution in [0.15, 0.2) is 0 Å². The van der Waals surface area contributed by atoms with Crippen molar-refractivity contribution in [2.24, 2.45) is 0 Å². The van der Waals surface area contributed by atoms with Crippen LogP contribution in [0.25, 0.3) is 0 Å². The van der Waals surface area contributed by atoms with Crippen LogP contribution in [-0.2, 0) is 18.9 Å². The van der Waals surface area contributed by atoms with E-state index >= 15 is 0 Å². The van der Waals surface area contributed by atoms with Crippen molar-refractivity contribution in [2.75, 3.05) is 66.3 Å². The highest BCUT2D eigenvalue weighted by Gasteiger charge is 2.32. The molecule has 2 rings (SSSR count). The number of hydrogen-bond donors (Lipinski definition) is 0. The first kappa shape index (κ1) is 20.1. The topological polar surface area (TPSA) is 43.4 Å². The summed E-state index contributed by atoms with van der Waals surface area (Å²) in [5.74, 6) is 0. The molecule has 0 N–H and O–H groups in total. The number of hydrogen-bond acceptors (Lipinski definition) is 6. The largest absolute Gasteiger partial charge is 0.382 e. The van der Waals surface area contributed by atoms with Gasteiger partial charge in [-0.05, 0) is 27.7 Å². The van der Waals surface area contributed by atoms with E-state index in [4.69, 9.17) is 18.9 Å². The average Bonchev–Trinajstić information content (AvgIpc) is 2.55. The van der Waals surface area contributed by atoms with Gasteiger partial charge in [0.15, 0.2) is 0 Å². The van der Waals surface area contributed by atoms with Gasteiger partial charge < -0.3 is 18.9 Å². The van der Waals surface area contributed by atoms with Gasteiger partial charge in [-0.2, -0.15) is 0 Å². The zero-order valence-corrected chi connectivity index (χ0v) is 16.1. The lowest BCUT2D eigenvalue weighted by molar-refractivity contribution is -0.115. The molecule has 6 heteroatoms. The van der Waals surface area contributed by atoms with Gasteiger partial charge in [0, 0.05) is 44.9 Å². The molecular formula is C18H36N2O4. The van der Waals surface area contributed by atoms with Crippen molar-refractivity contribution in [1.82, 2.24) is 9.80 Å². The lowest BCUT2D eigenvalue weighted by atomic mass is 10.0. The first-order chi connectivity index (χ1) is 11.4. The van der Waals surface area contributed by atoms with Gasteiger partial charge in [0.05, 0.1) is 45.2 Å². The molecular weight excluding hydrogens is 308 g/mol. The highest BCUT2D eigenvalue weighted by molar-refractivity contribution is 4.86. The van der Waals surface area contributed by atoms with Gasteiger partial charge in [-0.1, -0.05) is 0 Å². The molecule has 0 saturated carbocycles. The van der Waals surface area contributed by atoms with Crippen LogP contribution < -0.4 is 0 Å². The maximum Gasteiger partial charge on any atom is 0.0935 e. The van der Waals surface area contributed by atoms with Gasteiger partial charge in [-0.25, -0.2) is 0 Å². The van der Waals surface area contributed by atoms with Crippen molar-refractivity contribution in [3.05, 3.63) is 0 Å². The third kappa shape index (κ3) is 5.93. The smallest absolute Gasteiger partial charge is 0.0935 e. The fraction of sp³-hybridized carbons (Fsp3) is 1.00. The van der Waals surface area contributed by atoms with Crippen LogP contribution in [0.1, 0.15) is 27.7 Å². The molecule has 0 spiro atoms. The Bertz CT molecular complexity index is 363. The third-order valence-corrected chi connectivity index (χ3v) is 5.01. The van der Waals surface area contributed by atoms with E-state index in [0.717, 1.165) is 39.4 Å². The summed E-state index contributed by atoms with van der Waals surface area (Å²) in [6, 6.07) is 0.568. The van der Waals surface area contributed by atoms with Gasteiger partial charge >= 0.3 is 0 Å². The Balaban J connectivity index is 1.73. The summed E-state index contributed by atoms with van der Waals surface area (Å²) in [6.45, 7) is 16.4. The number of morpholine rings is 2. The molecule has 2 fully saturated rings. The molecule has 0 aromatic heterocycles. The SMILES string of the molecule is COCC1CN(C(C)(C)COC[C@@H]2CN(C(C)C)CCO2)CCO1. The lowest BCUT2D eigenvalue weighted by Crippen LogP contribution is -2.56. The molecule has 0 aromatic rings. The first-order valence-electron chi connectivity index (χ1n) is 9.21. The molecule has 0 bridgehead atoms. The maximum absolute atomic E-state index is 6.05. The highest BCUT2D eigenvalue weighted by atomic mass is 16.5. The van der Waals surface area contributed by atoms with Gasteiger partial charge in [-0.3, -0.25) is 9.80 Å². The molecule has 2 heterocycles. The third-order valence-electron chi connectivity index (χ3n) is 5.01. The molecule has 2 aliphatic heterocycles. The monoisotopic (exact) mass is 344 g/mol. The molecule has 0 amide bonds. The second-order valence-corrected chi connectivity index (χ2v) is 7.80. The summed E-state index contributed by atoms with van der Waals surface area (Å²) in [6.07, 6.45) is 0.340. The van der Waals surface area contributed by atoms with E-state index in [0.29, 0.717) is 25.9 Å². The fourth-order valence-electron chi connectivity index (χ4n) is 3.40. The number of methoxy groups -OCH3 is 1. The molecule has 0 aromatic carbocycles. The minimum atomic E-state index is -0.0117. The van der Waals surface area contributed by atoms with Crippen LogP contribution in [0.3, 0.4) is 0 Å². The quantitative estimate of drug-likeness (QED) is 0.660. The molecule has 0 aliphatic carbocycles.